The standard InChI is InChI=1S/C15H20N2OS/c1-9(2)13(18)17-14-16-11-7-6-10(15(3,4)5)8-12(11)19-14/h6-9H,1-5H3,(H,16,17,18). The zero-order valence-electron chi connectivity index (χ0n) is 12.1. The van der Waals surface area contributed by atoms with Crippen LogP contribution in [0.3, 0.4) is 0 Å². The lowest BCUT2D eigenvalue weighted by atomic mass is 9.87. The summed E-state index contributed by atoms with van der Waals surface area (Å²) in [7, 11) is 0. The van der Waals surface area contributed by atoms with E-state index in [1.807, 2.05) is 19.9 Å². The number of fused-ring (bicyclic) bond motifs is 1. The summed E-state index contributed by atoms with van der Waals surface area (Å²) in [5.41, 5.74) is 2.35. The maximum atomic E-state index is 11.7. The number of benzene rings is 1. The van der Waals surface area contributed by atoms with Crippen molar-refractivity contribution in [2.24, 2.45) is 5.92 Å². The van der Waals surface area contributed by atoms with Gasteiger partial charge < -0.3 is 5.32 Å². The topological polar surface area (TPSA) is 42.0 Å². The van der Waals surface area contributed by atoms with Gasteiger partial charge in [0.2, 0.25) is 5.91 Å². The number of carbonyl (C=O) groups excluding carboxylic acids is 1. The smallest absolute Gasteiger partial charge is 0.228 e. The van der Waals surface area contributed by atoms with Crippen molar-refractivity contribution in [3.63, 3.8) is 0 Å². The van der Waals surface area contributed by atoms with Crippen molar-refractivity contribution in [3.8, 4) is 0 Å². The summed E-state index contributed by atoms with van der Waals surface area (Å²) in [5, 5.41) is 3.54. The van der Waals surface area contributed by atoms with Crippen LogP contribution in [-0.4, -0.2) is 10.9 Å². The SMILES string of the molecule is CC(C)C(=O)Nc1nc2ccc(C(C)(C)C)cc2s1. The molecule has 3 nitrogen and oxygen atoms in total. The van der Waals surface area contributed by atoms with Crippen LogP contribution in [0.15, 0.2) is 18.2 Å². The maximum absolute atomic E-state index is 11.7. The van der Waals surface area contributed by atoms with E-state index in [1.54, 1.807) is 0 Å². The second-order valence-corrected chi connectivity index (χ2v) is 7.13. The predicted molar refractivity (Wildman–Crippen MR) is 81.8 cm³/mol. The number of anilines is 1. The lowest BCUT2D eigenvalue weighted by Gasteiger charge is -2.18. The van der Waals surface area contributed by atoms with Gasteiger partial charge in [0.05, 0.1) is 10.2 Å². The van der Waals surface area contributed by atoms with Gasteiger partial charge in [-0.2, -0.15) is 0 Å². The van der Waals surface area contributed by atoms with Crippen molar-refractivity contribution in [1.82, 2.24) is 4.98 Å². The van der Waals surface area contributed by atoms with Crippen molar-refractivity contribution in [2.45, 2.75) is 40.0 Å². The molecule has 0 spiro atoms. The molecule has 0 fully saturated rings. The highest BCUT2D eigenvalue weighted by Crippen LogP contribution is 2.31. The minimum absolute atomic E-state index is 0.00935. The fraction of sp³-hybridized carbons (Fsp3) is 0.467. The number of hydrogen-bond donors (Lipinski definition) is 1. The number of amides is 1. The number of thiazole rings is 1. The molecule has 1 amide bonds. The summed E-state index contributed by atoms with van der Waals surface area (Å²) in [5.74, 6) is -0.0211. The molecule has 0 radical (unpaired) electrons. The molecule has 0 atom stereocenters. The summed E-state index contributed by atoms with van der Waals surface area (Å²) < 4.78 is 1.12. The molecule has 0 unspecified atom stereocenters. The largest absolute Gasteiger partial charge is 0.302 e. The number of hydrogen-bond acceptors (Lipinski definition) is 3. The van der Waals surface area contributed by atoms with E-state index in [-0.39, 0.29) is 17.2 Å². The molecule has 0 saturated carbocycles. The van der Waals surface area contributed by atoms with Gasteiger partial charge in [-0.3, -0.25) is 4.79 Å². The molecule has 1 aromatic heterocycles. The van der Waals surface area contributed by atoms with E-state index in [0.717, 1.165) is 10.2 Å². The van der Waals surface area contributed by atoms with Gasteiger partial charge in [0.25, 0.3) is 0 Å². The first-order valence-corrected chi connectivity index (χ1v) is 7.31. The summed E-state index contributed by atoms with van der Waals surface area (Å²) >= 11 is 1.53. The van der Waals surface area contributed by atoms with Gasteiger partial charge in [-0.1, -0.05) is 52.0 Å². The molecule has 0 saturated heterocycles. The van der Waals surface area contributed by atoms with Gasteiger partial charge in [-0.25, -0.2) is 4.98 Å². The minimum atomic E-state index is -0.0304. The quantitative estimate of drug-likeness (QED) is 0.893. The Balaban J connectivity index is 2.33. The molecule has 2 aromatic rings. The van der Waals surface area contributed by atoms with Gasteiger partial charge in [0, 0.05) is 5.92 Å². The van der Waals surface area contributed by atoms with Gasteiger partial charge in [-0.15, -0.1) is 0 Å². The third-order valence-corrected chi connectivity index (χ3v) is 3.94. The number of nitrogens with zero attached hydrogens (tertiary/aromatic N) is 1. The molecular formula is C15H20N2OS. The van der Waals surface area contributed by atoms with Gasteiger partial charge in [0.15, 0.2) is 5.13 Å². The van der Waals surface area contributed by atoms with Crippen LogP contribution in [-0.2, 0) is 10.2 Å². The molecular weight excluding hydrogens is 256 g/mol. The second-order valence-electron chi connectivity index (χ2n) is 6.10. The average Bonchev–Trinajstić information content (AvgIpc) is 2.68. The molecule has 4 heteroatoms. The van der Waals surface area contributed by atoms with Crippen LogP contribution in [0.25, 0.3) is 10.2 Å². The fourth-order valence-electron chi connectivity index (χ4n) is 1.69. The molecule has 0 bridgehead atoms. The number of carbonyl (C=O) groups is 1. The Morgan fingerprint density at radius 2 is 2.00 bits per heavy atom. The van der Waals surface area contributed by atoms with E-state index in [9.17, 15) is 4.79 Å². The highest BCUT2D eigenvalue weighted by molar-refractivity contribution is 7.22. The third kappa shape index (κ3) is 3.13. The van der Waals surface area contributed by atoms with Crippen molar-refractivity contribution >= 4 is 32.6 Å². The Labute approximate surface area is 118 Å². The minimum Gasteiger partial charge on any atom is -0.302 e. The predicted octanol–water partition coefficient (Wildman–Crippen LogP) is 4.19. The first-order valence-electron chi connectivity index (χ1n) is 6.49. The van der Waals surface area contributed by atoms with Crippen molar-refractivity contribution in [1.29, 1.82) is 0 Å². The van der Waals surface area contributed by atoms with Crippen LogP contribution in [0.1, 0.15) is 40.2 Å². The van der Waals surface area contributed by atoms with Crippen molar-refractivity contribution < 1.29 is 4.79 Å². The van der Waals surface area contributed by atoms with Crippen LogP contribution in [0.5, 0.6) is 0 Å². The highest BCUT2D eigenvalue weighted by atomic mass is 32.1. The van der Waals surface area contributed by atoms with E-state index in [0.29, 0.717) is 5.13 Å². The Morgan fingerprint density at radius 3 is 2.58 bits per heavy atom. The first kappa shape index (κ1) is 14.0. The van der Waals surface area contributed by atoms with Gasteiger partial charge in [0.1, 0.15) is 0 Å². The normalized spacial score (nSPS) is 12.1. The Bertz CT molecular complexity index is 608. The lowest BCUT2D eigenvalue weighted by Crippen LogP contribution is -2.17. The van der Waals surface area contributed by atoms with E-state index < -0.39 is 0 Å². The summed E-state index contributed by atoms with van der Waals surface area (Å²) in [6.07, 6.45) is 0. The Hall–Kier alpha value is -1.42. The molecule has 102 valence electrons. The first-order chi connectivity index (χ1) is 8.77. The summed E-state index contributed by atoms with van der Waals surface area (Å²) in [6.45, 7) is 10.3. The molecule has 0 aliphatic carbocycles. The van der Waals surface area contributed by atoms with Gasteiger partial charge >= 0.3 is 0 Å². The van der Waals surface area contributed by atoms with Crippen LogP contribution in [0, 0.1) is 5.92 Å². The molecule has 1 aromatic carbocycles. The van der Waals surface area contributed by atoms with E-state index in [4.69, 9.17) is 0 Å². The zero-order chi connectivity index (χ0) is 14.2. The second kappa shape index (κ2) is 4.93. The van der Waals surface area contributed by atoms with E-state index in [2.05, 4.69) is 43.2 Å². The van der Waals surface area contributed by atoms with Gasteiger partial charge in [-0.05, 0) is 23.1 Å². The Morgan fingerprint density at radius 1 is 1.32 bits per heavy atom. The highest BCUT2D eigenvalue weighted by Gasteiger charge is 2.16. The fourth-order valence-corrected chi connectivity index (χ4v) is 2.60. The molecule has 19 heavy (non-hydrogen) atoms. The molecule has 1 N–H and O–H groups in total. The molecule has 0 aliphatic rings. The number of rotatable bonds is 2. The number of aromatic nitrogens is 1. The monoisotopic (exact) mass is 276 g/mol. The van der Waals surface area contributed by atoms with E-state index in [1.165, 1.54) is 16.9 Å². The third-order valence-electron chi connectivity index (χ3n) is 3.01. The maximum Gasteiger partial charge on any atom is 0.228 e. The number of nitrogens with one attached hydrogen (secondary N) is 1. The van der Waals surface area contributed by atoms with Crippen LogP contribution >= 0.6 is 11.3 Å². The zero-order valence-corrected chi connectivity index (χ0v) is 12.9. The average molecular weight is 276 g/mol. The molecule has 1 heterocycles. The van der Waals surface area contributed by atoms with Crippen molar-refractivity contribution in [3.05, 3.63) is 23.8 Å². The summed E-state index contributed by atoms with van der Waals surface area (Å²) in [4.78, 5) is 16.1. The lowest BCUT2D eigenvalue weighted by molar-refractivity contribution is -0.118. The summed E-state index contributed by atoms with van der Waals surface area (Å²) in [6, 6.07) is 6.30. The van der Waals surface area contributed by atoms with Crippen LogP contribution in [0.2, 0.25) is 0 Å². The molecule has 0 aliphatic heterocycles. The molecule has 2 rings (SSSR count). The van der Waals surface area contributed by atoms with E-state index >= 15 is 0 Å². The van der Waals surface area contributed by atoms with Crippen LogP contribution in [0.4, 0.5) is 5.13 Å². The van der Waals surface area contributed by atoms with Crippen LogP contribution < -0.4 is 5.32 Å². The Kier molecular flexibility index (Phi) is 3.63. The van der Waals surface area contributed by atoms with Crippen molar-refractivity contribution in [2.75, 3.05) is 5.32 Å².